The van der Waals surface area contributed by atoms with E-state index < -0.39 is 11.4 Å². The van der Waals surface area contributed by atoms with Gasteiger partial charge in [-0.2, -0.15) is 0 Å². The molecule has 0 saturated heterocycles. The van der Waals surface area contributed by atoms with Gasteiger partial charge in [-0.25, -0.2) is 9.37 Å². The van der Waals surface area contributed by atoms with E-state index in [0.717, 1.165) is 15.3 Å². The molecular formula is C18H17FN2O2S. The standard InChI is InChI=1S/C18H17FN2O2S/c1-11(2)20-17-21-15-8-7-12(9-16(15)24-17)18(23,10-22)13-5-3-4-6-14(13)19/h3-11,23H,1-2H3,(H,20,21). The van der Waals surface area contributed by atoms with Gasteiger partial charge >= 0.3 is 0 Å². The Bertz CT molecular complexity index is 894. The molecule has 1 atom stereocenters. The maximum Gasteiger partial charge on any atom is 0.183 e. The number of aromatic nitrogens is 1. The van der Waals surface area contributed by atoms with Crippen molar-refractivity contribution in [3.8, 4) is 0 Å². The number of carbonyl (C=O) groups excluding carboxylic acids is 1. The molecular weight excluding hydrogens is 327 g/mol. The minimum Gasteiger partial charge on any atom is -0.373 e. The highest BCUT2D eigenvalue weighted by atomic mass is 32.1. The first-order valence-corrected chi connectivity index (χ1v) is 8.37. The first-order chi connectivity index (χ1) is 11.4. The van der Waals surface area contributed by atoms with Gasteiger partial charge in [0.15, 0.2) is 17.0 Å². The zero-order chi connectivity index (χ0) is 17.3. The van der Waals surface area contributed by atoms with Crippen LogP contribution in [0.25, 0.3) is 10.2 Å². The summed E-state index contributed by atoms with van der Waals surface area (Å²) in [5.41, 5.74) is -1.03. The summed E-state index contributed by atoms with van der Waals surface area (Å²) in [6, 6.07) is 11.0. The van der Waals surface area contributed by atoms with Crippen LogP contribution in [0.5, 0.6) is 0 Å². The Morgan fingerprint density at radius 3 is 2.71 bits per heavy atom. The number of fused-ring (bicyclic) bond motifs is 1. The van der Waals surface area contributed by atoms with Crippen LogP contribution in [0.1, 0.15) is 25.0 Å². The predicted molar refractivity (Wildman–Crippen MR) is 93.8 cm³/mol. The van der Waals surface area contributed by atoms with Gasteiger partial charge in [-0.15, -0.1) is 0 Å². The third-order valence-corrected chi connectivity index (χ3v) is 4.65. The first-order valence-electron chi connectivity index (χ1n) is 7.55. The van der Waals surface area contributed by atoms with Crippen LogP contribution in [-0.2, 0) is 10.4 Å². The number of hydrogen-bond acceptors (Lipinski definition) is 5. The molecule has 1 heterocycles. The summed E-state index contributed by atoms with van der Waals surface area (Å²) >= 11 is 1.42. The fraction of sp³-hybridized carbons (Fsp3) is 0.222. The highest BCUT2D eigenvalue weighted by Gasteiger charge is 2.34. The Balaban J connectivity index is 2.09. The van der Waals surface area contributed by atoms with Gasteiger partial charge in [0, 0.05) is 11.6 Å². The fourth-order valence-corrected chi connectivity index (χ4v) is 3.58. The fourth-order valence-electron chi connectivity index (χ4n) is 2.53. The first kappa shape index (κ1) is 16.5. The number of rotatable bonds is 5. The maximum absolute atomic E-state index is 14.1. The van der Waals surface area contributed by atoms with Crippen LogP contribution in [-0.4, -0.2) is 22.4 Å². The molecule has 24 heavy (non-hydrogen) atoms. The third-order valence-electron chi connectivity index (χ3n) is 3.70. The van der Waals surface area contributed by atoms with Gasteiger partial charge in [-0.1, -0.05) is 35.6 Å². The van der Waals surface area contributed by atoms with Gasteiger partial charge in [-0.05, 0) is 37.6 Å². The molecule has 124 valence electrons. The van der Waals surface area contributed by atoms with Crippen molar-refractivity contribution < 1.29 is 14.3 Å². The second-order valence-electron chi connectivity index (χ2n) is 5.86. The summed E-state index contributed by atoms with van der Waals surface area (Å²) in [5.74, 6) is -0.626. The molecule has 3 aromatic rings. The minimum atomic E-state index is -2.03. The van der Waals surface area contributed by atoms with Crippen molar-refractivity contribution in [2.45, 2.75) is 25.5 Å². The van der Waals surface area contributed by atoms with E-state index in [4.69, 9.17) is 0 Å². The van der Waals surface area contributed by atoms with Gasteiger partial charge in [-0.3, -0.25) is 4.79 Å². The van der Waals surface area contributed by atoms with Gasteiger partial charge in [0.05, 0.1) is 10.2 Å². The van der Waals surface area contributed by atoms with E-state index in [2.05, 4.69) is 10.3 Å². The smallest absolute Gasteiger partial charge is 0.183 e. The number of nitrogens with one attached hydrogen (secondary N) is 1. The Kier molecular flexibility index (Phi) is 4.34. The lowest BCUT2D eigenvalue weighted by molar-refractivity contribution is -0.121. The third kappa shape index (κ3) is 2.90. The van der Waals surface area contributed by atoms with Crippen LogP contribution in [0.2, 0.25) is 0 Å². The van der Waals surface area contributed by atoms with Crippen LogP contribution in [0.4, 0.5) is 9.52 Å². The topological polar surface area (TPSA) is 62.2 Å². The number of aliphatic hydroxyl groups is 1. The van der Waals surface area contributed by atoms with Crippen LogP contribution in [0.3, 0.4) is 0 Å². The van der Waals surface area contributed by atoms with Crippen molar-refractivity contribution >= 4 is 33.0 Å². The molecule has 1 aromatic heterocycles. The van der Waals surface area contributed by atoms with E-state index in [1.807, 2.05) is 13.8 Å². The predicted octanol–water partition coefficient (Wildman–Crippen LogP) is 3.69. The zero-order valence-corrected chi connectivity index (χ0v) is 14.1. The molecule has 6 heteroatoms. The highest BCUT2D eigenvalue weighted by Crippen LogP contribution is 2.34. The SMILES string of the molecule is CC(C)Nc1nc2ccc(C(O)(C=O)c3ccccc3F)cc2s1. The van der Waals surface area contributed by atoms with E-state index in [0.29, 0.717) is 11.8 Å². The molecule has 3 rings (SSSR count). The number of carbonyl (C=O) groups is 1. The molecule has 2 aromatic carbocycles. The highest BCUT2D eigenvalue weighted by molar-refractivity contribution is 7.22. The lowest BCUT2D eigenvalue weighted by Crippen LogP contribution is -2.30. The largest absolute Gasteiger partial charge is 0.373 e. The molecule has 0 aliphatic carbocycles. The van der Waals surface area contributed by atoms with Crippen molar-refractivity contribution in [1.29, 1.82) is 0 Å². The molecule has 0 saturated carbocycles. The molecule has 2 N–H and O–H groups in total. The van der Waals surface area contributed by atoms with Crippen LogP contribution < -0.4 is 5.32 Å². The van der Waals surface area contributed by atoms with E-state index in [9.17, 15) is 14.3 Å². The normalized spacial score (nSPS) is 13.9. The molecule has 0 amide bonds. The van der Waals surface area contributed by atoms with Crippen molar-refractivity contribution in [2.24, 2.45) is 0 Å². The number of halogens is 1. The second-order valence-corrected chi connectivity index (χ2v) is 6.90. The van der Waals surface area contributed by atoms with E-state index in [-0.39, 0.29) is 11.6 Å². The lowest BCUT2D eigenvalue weighted by Gasteiger charge is -2.23. The number of aldehydes is 1. The zero-order valence-electron chi connectivity index (χ0n) is 13.3. The minimum absolute atomic E-state index is 0.0654. The Morgan fingerprint density at radius 1 is 1.29 bits per heavy atom. The average Bonchev–Trinajstić information content (AvgIpc) is 2.95. The van der Waals surface area contributed by atoms with E-state index >= 15 is 0 Å². The monoisotopic (exact) mass is 344 g/mol. The molecule has 0 bridgehead atoms. The second kappa shape index (κ2) is 6.30. The van der Waals surface area contributed by atoms with Gasteiger partial charge in [0.1, 0.15) is 5.82 Å². The van der Waals surface area contributed by atoms with Crippen LogP contribution >= 0.6 is 11.3 Å². The number of benzene rings is 2. The molecule has 0 aliphatic heterocycles. The Hall–Kier alpha value is -2.31. The lowest BCUT2D eigenvalue weighted by atomic mass is 9.87. The van der Waals surface area contributed by atoms with E-state index in [1.54, 1.807) is 24.3 Å². The molecule has 0 aliphatic rings. The summed E-state index contributed by atoms with van der Waals surface area (Å²) in [7, 11) is 0. The summed E-state index contributed by atoms with van der Waals surface area (Å²) in [6.45, 7) is 4.03. The number of hydrogen-bond donors (Lipinski definition) is 2. The quantitative estimate of drug-likeness (QED) is 0.693. The number of nitrogens with zero attached hydrogens (tertiary/aromatic N) is 1. The number of anilines is 1. The molecule has 0 radical (unpaired) electrons. The summed E-state index contributed by atoms with van der Waals surface area (Å²) in [6.07, 6.45) is 0.362. The van der Waals surface area contributed by atoms with Crippen LogP contribution in [0, 0.1) is 5.82 Å². The van der Waals surface area contributed by atoms with Gasteiger partial charge < -0.3 is 10.4 Å². The maximum atomic E-state index is 14.1. The number of thiazole rings is 1. The molecule has 4 nitrogen and oxygen atoms in total. The summed E-state index contributed by atoms with van der Waals surface area (Å²) in [4.78, 5) is 16.1. The molecule has 0 spiro atoms. The average molecular weight is 344 g/mol. The molecule has 1 unspecified atom stereocenters. The van der Waals surface area contributed by atoms with Crippen molar-refractivity contribution in [1.82, 2.24) is 4.98 Å². The van der Waals surface area contributed by atoms with Crippen LogP contribution in [0.15, 0.2) is 42.5 Å². The molecule has 0 fully saturated rings. The van der Waals surface area contributed by atoms with Gasteiger partial charge in [0.2, 0.25) is 0 Å². The summed E-state index contributed by atoms with van der Waals surface area (Å²) in [5, 5.41) is 14.8. The Labute approximate surface area is 143 Å². The van der Waals surface area contributed by atoms with Crippen molar-refractivity contribution in [2.75, 3.05) is 5.32 Å². The van der Waals surface area contributed by atoms with E-state index in [1.165, 1.54) is 29.5 Å². The van der Waals surface area contributed by atoms with Gasteiger partial charge in [0.25, 0.3) is 0 Å². The van der Waals surface area contributed by atoms with Crippen molar-refractivity contribution in [3.05, 3.63) is 59.4 Å². The van der Waals surface area contributed by atoms with Crippen molar-refractivity contribution in [3.63, 3.8) is 0 Å². The summed E-state index contributed by atoms with van der Waals surface area (Å²) < 4.78 is 14.9. The Morgan fingerprint density at radius 2 is 2.04 bits per heavy atom.